The van der Waals surface area contributed by atoms with E-state index in [0.717, 1.165) is 0 Å². The summed E-state index contributed by atoms with van der Waals surface area (Å²) < 4.78 is 19.5. The van der Waals surface area contributed by atoms with Crippen molar-refractivity contribution in [2.75, 3.05) is 44.2 Å². The number of aliphatic imine (C=N–C) groups is 1. The van der Waals surface area contributed by atoms with E-state index in [9.17, 15) is 18.8 Å². The monoisotopic (exact) mass is 673 g/mol. The molecule has 3 aromatic rings. The number of halogens is 2. The van der Waals surface area contributed by atoms with Gasteiger partial charge < -0.3 is 20.1 Å². The van der Waals surface area contributed by atoms with Gasteiger partial charge in [-0.15, -0.1) is 22.7 Å². The van der Waals surface area contributed by atoms with Crippen molar-refractivity contribution >= 4 is 63.2 Å². The van der Waals surface area contributed by atoms with Gasteiger partial charge in [-0.3, -0.25) is 19.6 Å². The van der Waals surface area contributed by atoms with Crippen LogP contribution >= 0.6 is 34.3 Å². The molecule has 2 saturated heterocycles. The van der Waals surface area contributed by atoms with Gasteiger partial charge in [0.05, 0.1) is 36.9 Å². The average Bonchev–Trinajstić information content (AvgIpc) is 3.77. The van der Waals surface area contributed by atoms with Crippen LogP contribution in [0.4, 0.5) is 14.3 Å². The molecular weight excluding hydrogens is 645 g/mol. The van der Waals surface area contributed by atoms with Gasteiger partial charge in [-0.1, -0.05) is 17.7 Å². The predicted octanol–water partition coefficient (Wildman–Crippen LogP) is 3.94. The lowest BCUT2D eigenvalue weighted by atomic mass is 9.95. The highest BCUT2D eigenvalue weighted by molar-refractivity contribution is 7.14. The van der Waals surface area contributed by atoms with E-state index in [1.54, 1.807) is 23.4 Å². The number of carboxylic acid groups (broad SMARTS) is 1. The number of esters is 1. The number of piperazine rings is 1. The van der Waals surface area contributed by atoms with Gasteiger partial charge in [0.25, 0.3) is 0 Å². The number of rotatable bonds is 10. The molecule has 2 atom stereocenters. The Balaban J connectivity index is 1.26. The second kappa shape index (κ2) is 13.2. The number of thiazole rings is 2. The van der Waals surface area contributed by atoms with Gasteiger partial charge in [0, 0.05) is 65.8 Å². The summed E-state index contributed by atoms with van der Waals surface area (Å²) in [6, 6.07) is 2.88. The molecule has 0 radical (unpaired) electrons. The van der Waals surface area contributed by atoms with E-state index >= 15 is 0 Å². The van der Waals surface area contributed by atoms with Crippen LogP contribution in [-0.2, 0) is 20.7 Å². The molecule has 2 fully saturated rings. The summed E-state index contributed by atoms with van der Waals surface area (Å²) in [4.78, 5) is 57.1. The van der Waals surface area contributed by atoms with Gasteiger partial charge >= 0.3 is 18.0 Å². The molecule has 45 heavy (non-hydrogen) atoms. The summed E-state index contributed by atoms with van der Waals surface area (Å²) in [5, 5.41) is 17.2. The molecule has 3 aliphatic heterocycles. The topological polar surface area (TPSA) is 141 Å². The van der Waals surface area contributed by atoms with Crippen LogP contribution in [0.25, 0.3) is 0 Å². The molecule has 2 N–H and O–H groups in total. The number of anilines is 1. The number of urea groups is 1. The number of nitrogens with zero attached hydrogens (tertiary/aromatic N) is 6. The molecule has 236 valence electrons. The summed E-state index contributed by atoms with van der Waals surface area (Å²) in [5.41, 5.74) is 1.94. The number of fused-ring (bicyclic) bond motifs is 1. The fourth-order valence-corrected chi connectivity index (χ4v) is 7.36. The number of ether oxygens (including phenoxy) is 1. The first-order chi connectivity index (χ1) is 21.7. The number of amides is 2. The van der Waals surface area contributed by atoms with Crippen molar-refractivity contribution in [2.45, 2.75) is 31.8 Å². The van der Waals surface area contributed by atoms with E-state index in [4.69, 9.17) is 26.4 Å². The van der Waals surface area contributed by atoms with E-state index in [1.807, 2.05) is 10.3 Å². The summed E-state index contributed by atoms with van der Waals surface area (Å²) in [6.07, 6.45) is 1.94. The van der Waals surface area contributed by atoms with Crippen molar-refractivity contribution in [2.24, 2.45) is 4.99 Å². The number of hydrogen-bond acceptors (Lipinski definition) is 11. The van der Waals surface area contributed by atoms with Gasteiger partial charge in [0.15, 0.2) is 16.0 Å². The Bertz CT molecular complexity index is 1680. The molecule has 2 amide bonds. The SMILES string of the molecule is CCOC(=O)C1=C(CN2CCN3C(=O)N(c4nc(CCC(=O)O)cs4)C[C@@H]3C2)NC(c2nccs2)=NC1c1ccc(F)cc1Cl. The highest BCUT2D eigenvalue weighted by Crippen LogP contribution is 2.37. The number of carbonyl (C=O) groups is 3. The van der Waals surface area contributed by atoms with E-state index in [-0.39, 0.29) is 35.7 Å². The molecule has 16 heteroatoms. The average molecular weight is 674 g/mol. The molecule has 1 aromatic carbocycles. The zero-order valence-corrected chi connectivity index (χ0v) is 26.5. The van der Waals surface area contributed by atoms with E-state index in [2.05, 4.69) is 20.2 Å². The predicted molar refractivity (Wildman–Crippen MR) is 167 cm³/mol. The third-order valence-electron chi connectivity index (χ3n) is 7.70. The normalized spacial score (nSPS) is 20.2. The molecule has 0 spiro atoms. The number of carboxylic acids is 1. The Labute approximate surface area is 270 Å². The van der Waals surface area contributed by atoms with Crippen LogP contribution in [0.1, 0.15) is 35.7 Å². The maximum Gasteiger partial charge on any atom is 0.338 e. The van der Waals surface area contributed by atoms with Crippen LogP contribution in [-0.4, -0.2) is 94.1 Å². The van der Waals surface area contributed by atoms with Crippen molar-refractivity contribution < 1.29 is 28.6 Å². The van der Waals surface area contributed by atoms with Gasteiger partial charge in [-0.05, 0) is 19.1 Å². The van der Waals surface area contributed by atoms with Crippen molar-refractivity contribution in [3.05, 3.63) is 73.5 Å². The zero-order chi connectivity index (χ0) is 31.7. The molecule has 12 nitrogen and oxygen atoms in total. The number of amidine groups is 1. The van der Waals surface area contributed by atoms with Gasteiger partial charge in [-0.2, -0.15) is 0 Å². The molecule has 0 bridgehead atoms. The van der Waals surface area contributed by atoms with Crippen LogP contribution in [0.15, 0.2) is 51.4 Å². The number of benzene rings is 1. The van der Waals surface area contributed by atoms with Crippen molar-refractivity contribution in [3.8, 4) is 0 Å². The molecule has 5 heterocycles. The van der Waals surface area contributed by atoms with Crippen LogP contribution < -0.4 is 10.2 Å². The quantitative estimate of drug-likeness (QED) is 0.306. The second-order valence-electron chi connectivity index (χ2n) is 10.6. The van der Waals surface area contributed by atoms with E-state index in [0.29, 0.717) is 72.1 Å². The smallest absolute Gasteiger partial charge is 0.338 e. The van der Waals surface area contributed by atoms with Crippen LogP contribution in [0.5, 0.6) is 0 Å². The zero-order valence-electron chi connectivity index (χ0n) is 24.1. The standard InChI is InChI=1S/C29H29ClFN7O5S2/c1-2-43-27(41)23-21(34-25(26-32-7-10-44-26)35-24(23)19-5-3-16(31)11-20(19)30)14-36-8-9-37-18(12-36)13-38(29(37)42)28-33-17(15-45-28)4-6-22(39)40/h3,5,7,10-11,15,18,24H,2,4,6,8-9,12-14H2,1H3,(H,34,35)(H,39,40)/t18-,24?/m0/s1. The first kappa shape index (κ1) is 31.1. The Morgan fingerprint density at radius 2 is 2.09 bits per heavy atom. The molecular formula is C29H29ClFN7O5S2. The fourth-order valence-electron chi connectivity index (χ4n) is 5.64. The van der Waals surface area contributed by atoms with Crippen molar-refractivity contribution in [1.82, 2.24) is 25.1 Å². The lowest BCUT2D eigenvalue weighted by Gasteiger charge is -2.38. The van der Waals surface area contributed by atoms with E-state index < -0.39 is 23.8 Å². The number of aliphatic carboxylic acids is 1. The highest BCUT2D eigenvalue weighted by atomic mass is 35.5. The largest absolute Gasteiger partial charge is 0.481 e. The van der Waals surface area contributed by atoms with E-state index in [1.165, 1.54) is 40.9 Å². The first-order valence-corrected chi connectivity index (χ1v) is 16.4. The number of nitrogens with one attached hydrogen (secondary N) is 1. The second-order valence-corrected chi connectivity index (χ2v) is 12.8. The minimum Gasteiger partial charge on any atom is -0.481 e. The molecule has 2 aromatic heterocycles. The van der Waals surface area contributed by atoms with Crippen molar-refractivity contribution in [3.63, 3.8) is 0 Å². The summed E-state index contributed by atoms with van der Waals surface area (Å²) in [5.74, 6) is -1.50. The summed E-state index contributed by atoms with van der Waals surface area (Å²) in [7, 11) is 0. The number of hydrogen-bond donors (Lipinski definition) is 2. The summed E-state index contributed by atoms with van der Waals surface area (Å²) in [6.45, 7) is 4.17. The minimum atomic E-state index is -0.898. The Kier molecular flexibility index (Phi) is 9.12. The first-order valence-electron chi connectivity index (χ1n) is 14.3. The van der Waals surface area contributed by atoms with Crippen LogP contribution in [0.3, 0.4) is 0 Å². The Morgan fingerprint density at radius 1 is 1.24 bits per heavy atom. The Morgan fingerprint density at radius 3 is 2.82 bits per heavy atom. The van der Waals surface area contributed by atoms with Crippen LogP contribution in [0.2, 0.25) is 5.02 Å². The maximum absolute atomic E-state index is 14.0. The molecule has 6 rings (SSSR count). The Hall–Kier alpha value is -3.92. The lowest BCUT2D eigenvalue weighted by Crippen LogP contribution is -2.53. The lowest BCUT2D eigenvalue weighted by molar-refractivity contribution is -0.139. The van der Waals surface area contributed by atoms with Gasteiger partial charge in [0.2, 0.25) is 0 Å². The van der Waals surface area contributed by atoms with Crippen molar-refractivity contribution in [1.29, 1.82) is 0 Å². The molecule has 0 aliphatic carbocycles. The molecule has 1 unspecified atom stereocenters. The number of aryl methyl sites for hydroxylation is 1. The molecule has 3 aliphatic rings. The number of carbonyl (C=O) groups excluding carboxylic acids is 2. The fraction of sp³-hybridized carbons (Fsp3) is 0.379. The number of aromatic nitrogens is 2. The minimum absolute atomic E-state index is 0.0261. The van der Waals surface area contributed by atoms with Gasteiger partial charge in [-0.25, -0.2) is 23.9 Å². The van der Waals surface area contributed by atoms with Gasteiger partial charge in [0.1, 0.15) is 11.9 Å². The van der Waals surface area contributed by atoms with Crippen LogP contribution in [0, 0.1) is 5.82 Å². The third kappa shape index (κ3) is 6.57. The third-order valence-corrected chi connectivity index (χ3v) is 9.72. The highest BCUT2D eigenvalue weighted by Gasteiger charge is 2.43. The summed E-state index contributed by atoms with van der Waals surface area (Å²) >= 11 is 9.20. The maximum atomic E-state index is 14.0. The molecule has 0 saturated carbocycles.